The number of carboxylic acids is 1. The number of nitrogens with one attached hydrogen (secondary N) is 1. The molecule has 0 radical (unpaired) electrons. The molecule has 156 valence electrons. The number of aliphatic carboxylic acids is 1. The van der Waals surface area contributed by atoms with Crippen LogP contribution in [0.1, 0.15) is 37.7 Å². The molecule has 1 aromatic rings. The second-order valence-corrected chi connectivity index (χ2v) is 9.25. The zero-order chi connectivity index (χ0) is 20.9. The van der Waals surface area contributed by atoms with Crippen LogP contribution < -0.4 is 4.72 Å². The summed E-state index contributed by atoms with van der Waals surface area (Å²) in [6.45, 7) is 0. The molecule has 2 aliphatic rings. The van der Waals surface area contributed by atoms with Crippen molar-refractivity contribution < 1.29 is 22.7 Å². The monoisotopic (exact) mass is 419 g/mol. The average Bonchev–Trinajstić information content (AvgIpc) is 3.26. The number of allylic oxidation sites excluding steroid dienone is 3. The number of rotatable bonds is 10. The second-order valence-electron chi connectivity index (χ2n) is 7.65. The minimum absolute atomic E-state index is 0.156. The summed E-state index contributed by atoms with van der Waals surface area (Å²) in [5.41, 5.74) is 0.616. The number of fused-ring (bicyclic) bond motifs is 2. The number of carboxylic acid groups (broad SMARTS) is 1. The molecule has 0 aliphatic heterocycles. The van der Waals surface area contributed by atoms with Crippen LogP contribution in [0.5, 0.6) is 0 Å². The summed E-state index contributed by atoms with van der Waals surface area (Å²) in [6.07, 6.45) is 12.9. The molecular weight excluding hydrogens is 393 g/mol. The molecular formula is C22H26FNO4S. The highest BCUT2D eigenvalue weighted by atomic mass is 32.2. The van der Waals surface area contributed by atoms with Crippen molar-refractivity contribution in [1.82, 2.24) is 4.72 Å². The van der Waals surface area contributed by atoms with Gasteiger partial charge in [-0.25, -0.2) is 17.5 Å². The van der Waals surface area contributed by atoms with E-state index in [1.807, 2.05) is 12.2 Å². The Kier molecular flexibility index (Phi) is 7.03. The minimum atomic E-state index is -3.62. The van der Waals surface area contributed by atoms with Gasteiger partial charge in [0.25, 0.3) is 0 Å². The molecule has 4 unspecified atom stereocenters. The number of sulfonamides is 1. The minimum Gasteiger partial charge on any atom is -0.481 e. The summed E-state index contributed by atoms with van der Waals surface area (Å²) < 4.78 is 40.9. The van der Waals surface area contributed by atoms with E-state index in [2.05, 4.69) is 16.9 Å². The summed E-state index contributed by atoms with van der Waals surface area (Å²) in [4.78, 5) is 10.5. The molecule has 0 amide bonds. The molecule has 2 aliphatic carbocycles. The molecule has 7 heteroatoms. The highest BCUT2D eigenvalue weighted by molar-refractivity contribution is 7.92. The molecule has 4 atom stereocenters. The maximum absolute atomic E-state index is 13.0. The average molecular weight is 420 g/mol. The molecule has 0 heterocycles. The van der Waals surface area contributed by atoms with Gasteiger partial charge in [-0.05, 0) is 67.2 Å². The maximum Gasteiger partial charge on any atom is 0.303 e. The van der Waals surface area contributed by atoms with Gasteiger partial charge in [-0.15, -0.1) is 0 Å². The molecule has 0 aromatic heterocycles. The van der Waals surface area contributed by atoms with E-state index in [9.17, 15) is 17.6 Å². The Labute approximate surface area is 171 Å². The van der Waals surface area contributed by atoms with Gasteiger partial charge in [-0.2, -0.15) is 0 Å². The Morgan fingerprint density at radius 2 is 1.90 bits per heavy atom. The predicted molar refractivity (Wildman–Crippen MR) is 111 cm³/mol. The molecule has 29 heavy (non-hydrogen) atoms. The summed E-state index contributed by atoms with van der Waals surface area (Å²) in [5.74, 6) is -0.415. The van der Waals surface area contributed by atoms with Crippen molar-refractivity contribution in [2.75, 3.05) is 0 Å². The van der Waals surface area contributed by atoms with Crippen molar-refractivity contribution in [2.24, 2.45) is 17.8 Å². The van der Waals surface area contributed by atoms with Gasteiger partial charge < -0.3 is 5.11 Å². The van der Waals surface area contributed by atoms with Gasteiger partial charge in [-0.1, -0.05) is 36.4 Å². The third kappa shape index (κ3) is 6.11. The standard InChI is InChI=1S/C22H26FNO4S/c23-19-11-7-16(8-12-19)13-14-29(27,28)24-22-18-10-9-17(15-18)20(22)5-3-1-2-4-6-21(25)26/h1,3,7-14,17-18,20,22,24H,2,4-6,15H2,(H,25,26). The zero-order valence-electron chi connectivity index (χ0n) is 16.1. The van der Waals surface area contributed by atoms with Crippen molar-refractivity contribution in [3.63, 3.8) is 0 Å². The molecule has 5 nitrogen and oxygen atoms in total. The van der Waals surface area contributed by atoms with E-state index < -0.39 is 16.0 Å². The lowest BCUT2D eigenvalue weighted by atomic mass is 9.86. The topological polar surface area (TPSA) is 83.5 Å². The van der Waals surface area contributed by atoms with Crippen LogP contribution in [0.4, 0.5) is 4.39 Å². The molecule has 0 spiro atoms. The van der Waals surface area contributed by atoms with E-state index in [1.165, 1.54) is 30.3 Å². The van der Waals surface area contributed by atoms with E-state index in [4.69, 9.17) is 5.11 Å². The third-order valence-corrected chi connectivity index (χ3v) is 6.66. The van der Waals surface area contributed by atoms with Crippen molar-refractivity contribution in [3.05, 3.63) is 65.4 Å². The van der Waals surface area contributed by atoms with Crippen LogP contribution in [-0.2, 0) is 14.8 Å². The fraction of sp³-hybridized carbons (Fsp3) is 0.409. The van der Waals surface area contributed by atoms with E-state index in [0.29, 0.717) is 24.3 Å². The number of carbonyl (C=O) groups is 1. The Balaban J connectivity index is 1.58. The second kappa shape index (κ2) is 9.50. The Bertz CT molecular complexity index is 905. The quantitative estimate of drug-likeness (QED) is 0.442. The molecule has 1 fully saturated rings. The van der Waals surface area contributed by atoms with Crippen molar-refractivity contribution in [1.29, 1.82) is 0 Å². The summed E-state index contributed by atoms with van der Waals surface area (Å²) in [6, 6.07) is 5.48. The van der Waals surface area contributed by atoms with E-state index >= 15 is 0 Å². The van der Waals surface area contributed by atoms with E-state index in [0.717, 1.165) is 18.2 Å². The fourth-order valence-corrected chi connectivity index (χ4v) is 5.28. The normalized spacial score (nSPS) is 26.1. The van der Waals surface area contributed by atoms with Gasteiger partial charge in [-0.3, -0.25) is 4.79 Å². The largest absolute Gasteiger partial charge is 0.481 e. The SMILES string of the molecule is O=C(O)CCCC=CCC1C2C=CC(C2)C1NS(=O)(=O)C=Cc1ccc(F)cc1. The lowest BCUT2D eigenvalue weighted by Crippen LogP contribution is -2.41. The molecule has 2 N–H and O–H groups in total. The highest BCUT2D eigenvalue weighted by Crippen LogP contribution is 2.45. The number of benzene rings is 1. The summed E-state index contributed by atoms with van der Waals surface area (Å²) in [5, 5.41) is 9.80. The van der Waals surface area contributed by atoms with Crippen LogP contribution in [0, 0.1) is 23.6 Å². The van der Waals surface area contributed by atoms with Crippen LogP contribution >= 0.6 is 0 Å². The number of halogens is 1. The maximum atomic E-state index is 13.0. The van der Waals surface area contributed by atoms with Crippen LogP contribution in [0.15, 0.2) is 54.0 Å². The third-order valence-electron chi connectivity index (χ3n) is 5.57. The van der Waals surface area contributed by atoms with Crippen LogP contribution in [-0.4, -0.2) is 25.5 Å². The zero-order valence-corrected chi connectivity index (χ0v) is 16.9. The van der Waals surface area contributed by atoms with Crippen molar-refractivity contribution in [3.8, 4) is 0 Å². The molecule has 1 saturated carbocycles. The Morgan fingerprint density at radius 1 is 1.17 bits per heavy atom. The van der Waals surface area contributed by atoms with E-state index in [-0.39, 0.29) is 30.1 Å². The summed E-state index contributed by atoms with van der Waals surface area (Å²) in [7, 11) is -3.62. The van der Waals surface area contributed by atoms with Gasteiger partial charge in [0, 0.05) is 17.9 Å². The van der Waals surface area contributed by atoms with Crippen molar-refractivity contribution in [2.45, 2.75) is 38.1 Å². The molecule has 3 rings (SSSR count). The molecule has 1 aromatic carbocycles. The lowest BCUT2D eigenvalue weighted by Gasteiger charge is -2.27. The smallest absolute Gasteiger partial charge is 0.303 e. The first-order valence-corrected chi connectivity index (χ1v) is 11.4. The number of hydrogen-bond acceptors (Lipinski definition) is 3. The van der Waals surface area contributed by atoms with E-state index in [1.54, 1.807) is 0 Å². The Hall–Kier alpha value is -2.25. The first-order valence-electron chi connectivity index (χ1n) is 9.85. The summed E-state index contributed by atoms with van der Waals surface area (Å²) >= 11 is 0. The molecule has 2 bridgehead atoms. The van der Waals surface area contributed by atoms with Crippen LogP contribution in [0.25, 0.3) is 6.08 Å². The lowest BCUT2D eigenvalue weighted by molar-refractivity contribution is -0.137. The van der Waals surface area contributed by atoms with Crippen LogP contribution in [0.3, 0.4) is 0 Å². The van der Waals surface area contributed by atoms with Crippen molar-refractivity contribution >= 4 is 22.1 Å². The number of hydrogen-bond donors (Lipinski definition) is 2. The fourth-order valence-electron chi connectivity index (χ4n) is 4.13. The Morgan fingerprint density at radius 3 is 2.62 bits per heavy atom. The van der Waals surface area contributed by atoms with Gasteiger partial charge >= 0.3 is 5.97 Å². The first-order chi connectivity index (χ1) is 13.8. The first kappa shape index (κ1) is 21.5. The van der Waals surface area contributed by atoms with Crippen LogP contribution in [0.2, 0.25) is 0 Å². The van der Waals surface area contributed by atoms with Gasteiger partial charge in [0.1, 0.15) is 5.82 Å². The van der Waals surface area contributed by atoms with Gasteiger partial charge in [0.15, 0.2) is 0 Å². The predicted octanol–water partition coefficient (Wildman–Crippen LogP) is 4.11. The molecule has 0 saturated heterocycles. The highest BCUT2D eigenvalue weighted by Gasteiger charge is 2.44. The number of unbranched alkanes of at least 4 members (excludes halogenated alkanes) is 1. The van der Waals surface area contributed by atoms with Gasteiger partial charge in [0.05, 0.1) is 0 Å². The van der Waals surface area contributed by atoms with Gasteiger partial charge in [0.2, 0.25) is 10.0 Å².